The molecule has 2 rings (SSSR count). The van der Waals surface area contributed by atoms with Crippen molar-refractivity contribution in [1.82, 2.24) is 5.32 Å². The van der Waals surface area contributed by atoms with Crippen LogP contribution in [0.5, 0.6) is 0 Å². The Balaban J connectivity index is 2.04. The Morgan fingerprint density at radius 2 is 2.11 bits per heavy atom. The lowest BCUT2D eigenvalue weighted by molar-refractivity contribution is 0.219. The van der Waals surface area contributed by atoms with Gasteiger partial charge in [0.15, 0.2) is 0 Å². The summed E-state index contributed by atoms with van der Waals surface area (Å²) in [5, 5.41) is 3.64. The zero-order valence-electron chi connectivity index (χ0n) is 11.5. The van der Waals surface area contributed by atoms with Crippen molar-refractivity contribution >= 4 is 15.9 Å². The molecule has 0 radical (unpaired) electrons. The first-order chi connectivity index (χ1) is 9.29. The highest BCUT2D eigenvalue weighted by Gasteiger charge is 2.16. The average molecular weight is 324 g/mol. The number of ether oxygens (including phenoxy) is 1. The average Bonchev–Trinajstić information content (AvgIpc) is 2.46. The molecule has 0 saturated heterocycles. The van der Waals surface area contributed by atoms with Crippen molar-refractivity contribution in [3.05, 3.63) is 46.1 Å². The third-order valence-corrected chi connectivity index (χ3v) is 3.93. The minimum absolute atomic E-state index is 0.404. The summed E-state index contributed by atoms with van der Waals surface area (Å²) in [5.74, 6) is 0. The normalized spacial score (nSPS) is 16.6. The maximum absolute atomic E-state index is 5.49. The van der Waals surface area contributed by atoms with E-state index in [1.54, 1.807) is 0 Å². The van der Waals surface area contributed by atoms with Gasteiger partial charge in [-0.05, 0) is 55.5 Å². The Labute approximate surface area is 124 Å². The van der Waals surface area contributed by atoms with E-state index in [1.807, 2.05) is 6.26 Å². The Morgan fingerprint density at radius 1 is 1.32 bits per heavy atom. The van der Waals surface area contributed by atoms with Crippen LogP contribution in [-0.2, 0) is 11.2 Å². The fourth-order valence-corrected chi connectivity index (χ4v) is 2.61. The van der Waals surface area contributed by atoms with Gasteiger partial charge in [0.2, 0.25) is 0 Å². The lowest BCUT2D eigenvalue weighted by Gasteiger charge is -2.24. The maximum Gasteiger partial charge on any atom is 0.0876 e. The molecule has 2 nitrogen and oxygen atoms in total. The summed E-state index contributed by atoms with van der Waals surface area (Å²) < 4.78 is 6.62. The molecule has 1 N–H and O–H groups in total. The largest absolute Gasteiger partial charge is 0.501 e. The second kappa shape index (κ2) is 7.71. The van der Waals surface area contributed by atoms with Crippen LogP contribution >= 0.6 is 15.9 Å². The van der Waals surface area contributed by atoms with Crippen LogP contribution in [0.25, 0.3) is 0 Å². The lowest BCUT2D eigenvalue weighted by Crippen LogP contribution is -2.34. The van der Waals surface area contributed by atoms with Crippen LogP contribution in [0, 0.1) is 0 Å². The Kier molecular flexibility index (Phi) is 5.93. The molecule has 104 valence electrons. The number of benzene rings is 1. The van der Waals surface area contributed by atoms with Crippen molar-refractivity contribution in [3.63, 3.8) is 0 Å². The number of hydrogen-bond donors (Lipinski definition) is 1. The van der Waals surface area contributed by atoms with E-state index in [4.69, 9.17) is 4.74 Å². The molecule has 1 aliphatic rings. The fraction of sp³-hybridized carbons (Fsp3) is 0.500. The van der Waals surface area contributed by atoms with Crippen molar-refractivity contribution in [2.75, 3.05) is 13.2 Å². The summed E-state index contributed by atoms with van der Waals surface area (Å²) in [5.41, 5.74) is 2.77. The van der Waals surface area contributed by atoms with Crippen LogP contribution in [0.1, 0.15) is 31.7 Å². The van der Waals surface area contributed by atoms with Gasteiger partial charge in [0.1, 0.15) is 0 Å². The first kappa shape index (κ1) is 14.6. The Hall–Kier alpha value is -0.800. The molecule has 1 aromatic carbocycles. The lowest BCUT2D eigenvalue weighted by atomic mass is 9.95. The Morgan fingerprint density at radius 3 is 2.74 bits per heavy atom. The summed E-state index contributed by atoms with van der Waals surface area (Å²) in [6.45, 7) is 4.12. The number of rotatable bonds is 6. The first-order valence-corrected chi connectivity index (χ1v) is 7.87. The minimum atomic E-state index is 0.404. The van der Waals surface area contributed by atoms with E-state index in [9.17, 15) is 0 Å². The Bertz CT molecular complexity index is 413. The van der Waals surface area contributed by atoms with Gasteiger partial charge in [0, 0.05) is 10.5 Å². The van der Waals surface area contributed by atoms with E-state index >= 15 is 0 Å². The topological polar surface area (TPSA) is 21.3 Å². The summed E-state index contributed by atoms with van der Waals surface area (Å²) in [6, 6.07) is 9.00. The van der Waals surface area contributed by atoms with Crippen molar-refractivity contribution in [2.45, 2.75) is 38.6 Å². The van der Waals surface area contributed by atoms with Gasteiger partial charge >= 0.3 is 0 Å². The van der Waals surface area contributed by atoms with Crippen molar-refractivity contribution in [2.24, 2.45) is 0 Å². The molecular weight excluding hydrogens is 302 g/mol. The van der Waals surface area contributed by atoms with Crippen LogP contribution in [0.3, 0.4) is 0 Å². The van der Waals surface area contributed by atoms with Gasteiger partial charge in [-0.25, -0.2) is 0 Å². The van der Waals surface area contributed by atoms with E-state index in [1.165, 1.54) is 11.1 Å². The molecule has 0 spiro atoms. The minimum Gasteiger partial charge on any atom is -0.501 e. The molecule has 1 unspecified atom stereocenters. The van der Waals surface area contributed by atoms with Gasteiger partial charge in [0.05, 0.1) is 12.9 Å². The SMILES string of the molecule is CCCNC(Cc1ccc(Br)cc1)C1=COCCC1. The smallest absolute Gasteiger partial charge is 0.0876 e. The molecule has 0 amide bonds. The highest BCUT2D eigenvalue weighted by atomic mass is 79.9. The van der Waals surface area contributed by atoms with E-state index in [-0.39, 0.29) is 0 Å². The zero-order valence-corrected chi connectivity index (χ0v) is 13.1. The van der Waals surface area contributed by atoms with Gasteiger partial charge in [-0.15, -0.1) is 0 Å². The second-order valence-corrected chi connectivity index (χ2v) is 5.92. The quantitative estimate of drug-likeness (QED) is 0.852. The molecule has 1 aromatic rings. The van der Waals surface area contributed by atoms with Crippen molar-refractivity contribution < 1.29 is 4.74 Å². The highest BCUT2D eigenvalue weighted by molar-refractivity contribution is 9.10. The first-order valence-electron chi connectivity index (χ1n) is 7.08. The molecule has 19 heavy (non-hydrogen) atoms. The highest BCUT2D eigenvalue weighted by Crippen LogP contribution is 2.20. The standard InChI is InChI=1S/C16H22BrNO/c1-2-9-18-16(14-4-3-10-19-12-14)11-13-5-7-15(17)8-6-13/h5-8,12,16,18H,2-4,9-11H2,1H3. The molecule has 0 aliphatic carbocycles. The molecule has 0 saturated carbocycles. The van der Waals surface area contributed by atoms with Crippen LogP contribution in [0.4, 0.5) is 0 Å². The predicted octanol–water partition coefficient (Wildman–Crippen LogP) is 4.05. The van der Waals surface area contributed by atoms with E-state index in [2.05, 4.69) is 52.4 Å². The molecule has 1 aliphatic heterocycles. The van der Waals surface area contributed by atoms with Crippen LogP contribution in [0.2, 0.25) is 0 Å². The van der Waals surface area contributed by atoms with Gasteiger partial charge in [0.25, 0.3) is 0 Å². The summed E-state index contributed by atoms with van der Waals surface area (Å²) in [6.07, 6.45) is 6.44. The summed E-state index contributed by atoms with van der Waals surface area (Å²) >= 11 is 3.48. The number of nitrogens with one attached hydrogen (secondary N) is 1. The fourth-order valence-electron chi connectivity index (χ4n) is 2.35. The molecule has 3 heteroatoms. The van der Waals surface area contributed by atoms with E-state index < -0.39 is 0 Å². The second-order valence-electron chi connectivity index (χ2n) is 5.00. The van der Waals surface area contributed by atoms with Crippen molar-refractivity contribution in [1.29, 1.82) is 0 Å². The molecule has 0 fully saturated rings. The molecule has 0 bridgehead atoms. The van der Waals surface area contributed by atoms with Gasteiger partial charge < -0.3 is 10.1 Å². The van der Waals surface area contributed by atoms with Gasteiger partial charge in [-0.1, -0.05) is 35.0 Å². The van der Waals surface area contributed by atoms with Gasteiger partial charge in [-0.2, -0.15) is 0 Å². The van der Waals surface area contributed by atoms with E-state index in [0.717, 1.165) is 43.3 Å². The van der Waals surface area contributed by atoms with Gasteiger partial charge in [-0.3, -0.25) is 0 Å². The predicted molar refractivity (Wildman–Crippen MR) is 83.2 cm³/mol. The maximum atomic E-state index is 5.49. The van der Waals surface area contributed by atoms with Crippen LogP contribution < -0.4 is 5.32 Å². The van der Waals surface area contributed by atoms with Crippen molar-refractivity contribution in [3.8, 4) is 0 Å². The van der Waals surface area contributed by atoms with E-state index in [0.29, 0.717) is 6.04 Å². The molecule has 0 aromatic heterocycles. The zero-order chi connectivity index (χ0) is 13.5. The molecule has 1 heterocycles. The molecular formula is C16H22BrNO. The van der Waals surface area contributed by atoms with Crippen LogP contribution in [-0.4, -0.2) is 19.2 Å². The third-order valence-electron chi connectivity index (χ3n) is 3.40. The van der Waals surface area contributed by atoms with Crippen LogP contribution in [0.15, 0.2) is 40.6 Å². The third kappa shape index (κ3) is 4.66. The monoisotopic (exact) mass is 323 g/mol. The number of hydrogen-bond acceptors (Lipinski definition) is 2. The summed E-state index contributed by atoms with van der Waals surface area (Å²) in [7, 11) is 0. The summed E-state index contributed by atoms with van der Waals surface area (Å²) in [4.78, 5) is 0. The molecule has 1 atom stereocenters. The number of halogens is 1.